The molecular weight excluding hydrogens is 492 g/mol. The fourth-order valence-corrected chi connectivity index (χ4v) is 0.680. The van der Waals surface area contributed by atoms with Crippen LogP contribution in [-0.4, -0.2) is 0 Å². The van der Waals surface area contributed by atoms with Crippen LogP contribution in [0.5, 0.6) is 0 Å². The van der Waals surface area contributed by atoms with Gasteiger partial charge < -0.3 is 54.5 Å². The van der Waals surface area contributed by atoms with Crippen molar-refractivity contribution in [3.05, 3.63) is 78.3 Å². The minimum Gasteiger partial charge on any atom is 2.00 e. The number of hydrogen-bond donors (Lipinski definition) is 0. The molecule has 2 aliphatic rings. The van der Waals surface area contributed by atoms with Crippen LogP contribution in [-0.2, 0) is 47.1 Å². The van der Waals surface area contributed by atoms with E-state index in [2.05, 4.69) is 24.3 Å². The van der Waals surface area contributed by atoms with Gasteiger partial charge in [-0.2, -0.15) is 12.2 Å². The molecule has 2 aliphatic carbocycles. The summed E-state index contributed by atoms with van der Waals surface area (Å²) in [5, 5.41) is 0. The summed E-state index contributed by atoms with van der Waals surface area (Å²) in [6, 6.07) is 0. The Bertz CT molecular complexity index is 173. The molecule has 0 bridgehead atoms. The molecule has 0 saturated heterocycles. The molecular formula is C14H22Cl4Zr2-6. The molecule has 0 nitrogen and oxygen atoms in total. The van der Waals surface area contributed by atoms with Crippen molar-refractivity contribution in [2.45, 2.75) is 12.8 Å². The molecule has 0 amide bonds. The van der Waals surface area contributed by atoms with Crippen LogP contribution in [0, 0.1) is 41.9 Å². The third kappa shape index (κ3) is 50.2. The zero-order valence-corrected chi connectivity index (χ0v) is 20.3. The molecule has 120 valence electrons. The molecule has 0 N–H and O–H groups in total. The van der Waals surface area contributed by atoms with Crippen LogP contribution >= 0.6 is 17.0 Å². The van der Waals surface area contributed by atoms with E-state index in [9.17, 15) is 0 Å². The summed E-state index contributed by atoms with van der Waals surface area (Å²) in [5.41, 5.74) is 0. The van der Waals surface area contributed by atoms with Gasteiger partial charge in [-0.15, -0.1) is 12.8 Å². The van der Waals surface area contributed by atoms with Crippen molar-refractivity contribution < 1.29 is 71.9 Å². The minimum absolute atomic E-state index is 0. The van der Waals surface area contributed by atoms with Gasteiger partial charge in [0, 0.05) is 0 Å². The number of allylic oxidation sites excluding steroid dienone is 8. The van der Waals surface area contributed by atoms with Gasteiger partial charge in [-0.1, -0.05) is 0 Å². The van der Waals surface area contributed by atoms with E-state index in [1.807, 2.05) is 24.3 Å². The first-order valence-corrected chi connectivity index (χ1v) is 10.1. The summed E-state index contributed by atoms with van der Waals surface area (Å²) in [6.45, 7) is 0. The first-order valence-electron chi connectivity index (χ1n) is 3.81. The number of hydrogen-bond acceptors (Lipinski definition) is 0. The Morgan fingerprint density at radius 2 is 1.00 bits per heavy atom. The van der Waals surface area contributed by atoms with Gasteiger partial charge in [0.1, 0.15) is 0 Å². The maximum Gasteiger partial charge on any atom is 2.00 e. The SMILES string of the molecule is [C-]1=CC=CC1.[C-]1=CC=CC1.[CH3-].[CH3-].[CH3-].[CH3-].[Cl-].[Cl-].[Cl][Zr][Cl].[Zr+2]. The van der Waals surface area contributed by atoms with E-state index in [1.165, 1.54) is 0 Å². The first-order chi connectivity index (χ1) is 6.41. The Hall–Kier alpha value is 1.89. The first kappa shape index (κ1) is 49.5. The molecule has 0 unspecified atom stereocenters. The summed E-state index contributed by atoms with van der Waals surface area (Å²) < 4.78 is 0. The molecule has 0 aromatic heterocycles. The fraction of sp³-hybridized carbons (Fsp3) is 0.143. The van der Waals surface area contributed by atoms with E-state index in [0.717, 1.165) is 12.8 Å². The Kier molecular flexibility index (Phi) is 123. The molecule has 0 heterocycles. The van der Waals surface area contributed by atoms with Crippen molar-refractivity contribution in [3.8, 4) is 0 Å². The maximum absolute atomic E-state index is 4.93. The largest absolute Gasteiger partial charge is 2.00 e. The molecule has 0 fully saturated rings. The predicted molar refractivity (Wildman–Crippen MR) is 80.5 cm³/mol. The molecule has 0 aromatic rings. The molecule has 6 heteroatoms. The zero-order chi connectivity index (χ0) is 9.78. The molecule has 2 rings (SSSR count). The van der Waals surface area contributed by atoms with Crippen molar-refractivity contribution in [1.29, 1.82) is 0 Å². The normalized spacial score (nSPS) is 9.50. The van der Waals surface area contributed by atoms with Crippen LogP contribution in [0.15, 0.2) is 36.5 Å². The summed E-state index contributed by atoms with van der Waals surface area (Å²) in [7, 11) is 9.87. The van der Waals surface area contributed by atoms with Crippen LogP contribution in [0.4, 0.5) is 0 Å². The second-order valence-electron chi connectivity index (χ2n) is 2.08. The van der Waals surface area contributed by atoms with Gasteiger partial charge in [-0.25, -0.2) is 24.3 Å². The zero-order valence-electron chi connectivity index (χ0n) is 12.4. The number of rotatable bonds is 0. The summed E-state index contributed by atoms with van der Waals surface area (Å²) >= 11 is -0.826. The molecule has 0 aromatic carbocycles. The van der Waals surface area contributed by atoms with Crippen LogP contribution in [0.3, 0.4) is 0 Å². The maximum atomic E-state index is 4.93. The van der Waals surface area contributed by atoms with E-state index in [1.54, 1.807) is 0 Å². The quantitative estimate of drug-likeness (QED) is 0.393. The summed E-state index contributed by atoms with van der Waals surface area (Å²) in [6.07, 6.45) is 20.0. The topological polar surface area (TPSA) is 0 Å². The van der Waals surface area contributed by atoms with Gasteiger partial charge in [0.2, 0.25) is 0 Å². The minimum atomic E-state index is -0.826. The Morgan fingerprint density at radius 1 is 0.750 bits per heavy atom. The van der Waals surface area contributed by atoms with Gasteiger partial charge in [0.05, 0.1) is 0 Å². The van der Waals surface area contributed by atoms with Crippen LogP contribution in [0.1, 0.15) is 12.8 Å². The molecule has 0 spiro atoms. The van der Waals surface area contributed by atoms with Crippen LogP contribution in [0.25, 0.3) is 0 Å². The predicted octanol–water partition coefficient (Wildman–Crippen LogP) is -0.205. The van der Waals surface area contributed by atoms with Crippen molar-refractivity contribution in [2.24, 2.45) is 0 Å². The molecule has 0 saturated carbocycles. The molecule has 0 atom stereocenters. The average Bonchev–Trinajstić information content (AvgIpc) is 2.85. The van der Waals surface area contributed by atoms with Gasteiger partial charge in [0.15, 0.2) is 0 Å². The Balaban J connectivity index is -0.0000000157. The second-order valence-corrected chi connectivity index (χ2v) is 5.81. The van der Waals surface area contributed by atoms with E-state index in [-0.39, 0.29) is 80.7 Å². The summed E-state index contributed by atoms with van der Waals surface area (Å²) in [5.74, 6) is 0. The third-order valence-corrected chi connectivity index (χ3v) is 1.17. The molecule has 0 aliphatic heterocycles. The summed E-state index contributed by atoms with van der Waals surface area (Å²) in [4.78, 5) is 0. The molecule has 20 heavy (non-hydrogen) atoms. The van der Waals surface area contributed by atoms with Crippen molar-refractivity contribution >= 4 is 17.0 Å². The fourth-order valence-electron chi connectivity index (χ4n) is 0.680. The Morgan fingerprint density at radius 3 is 1.05 bits per heavy atom. The molecule has 0 radical (unpaired) electrons. The van der Waals surface area contributed by atoms with Gasteiger partial charge in [0.25, 0.3) is 0 Å². The van der Waals surface area contributed by atoms with Gasteiger partial charge >= 0.3 is 64.1 Å². The third-order valence-electron chi connectivity index (χ3n) is 1.17. The van der Waals surface area contributed by atoms with Crippen molar-refractivity contribution in [1.82, 2.24) is 0 Å². The van der Waals surface area contributed by atoms with E-state index >= 15 is 0 Å². The smallest absolute Gasteiger partial charge is 2.00 e. The average molecular weight is 515 g/mol. The Labute approximate surface area is 178 Å². The standard InChI is InChI=1S/2C5H5.4CH3.4ClH.2Zr/c2*1-2-4-5-3-1;;;;;;;;;;/h2*1-3H,4H2;4*1H3;4*1H;;/q6*-1;;;;;2*+2/p-4. The van der Waals surface area contributed by atoms with E-state index in [4.69, 9.17) is 17.0 Å². The van der Waals surface area contributed by atoms with Gasteiger partial charge in [-0.05, 0) is 0 Å². The van der Waals surface area contributed by atoms with E-state index in [0.29, 0.717) is 0 Å². The van der Waals surface area contributed by atoms with Gasteiger partial charge in [-0.3, -0.25) is 12.2 Å². The van der Waals surface area contributed by atoms with E-state index < -0.39 is 20.8 Å². The van der Waals surface area contributed by atoms with Crippen LogP contribution in [0.2, 0.25) is 0 Å². The van der Waals surface area contributed by atoms with Crippen LogP contribution < -0.4 is 24.8 Å². The van der Waals surface area contributed by atoms with Crippen molar-refractivity contribution in [3.63, 3.8) is 0 Å². The monoisotopic (exact) mass is 510 g/mol. The second kappa shape index (κ2) is 49.7. The van der Waals surface area contributed by atoms with Crippen molar-refractivity contribution in [2.75, 3.05) is 0 Å². The number of halogens is 4.